The Hall–Kier alpha value is -0.610. The minimum atomic E-state index is -0.494. The Morgan fingerprint density at radius 1 is 1.50 bits per heavy atom. The van der Waals surface area contributed by atoms with E-state index in [2.05, 4.69) is 5.32 Å². The number of hydrogen-bond donors (Lipinski definition) is 3. The van der Waals surface area contributed by atoms with Gasteiger partial charge in [0.25, 0.3) is 0 Å². The van der Waals surface area contributed by atoms with Crippen molar-refractivity contribution in [1.82, 2.24) is 5.32 Å². The number of nitrogens with one attached hydrogen (secondary N) is 1. The summed E-state index contributed by atoms with van der Waals surface area (Å²) in [7, 11) is 0. The van der Waals surface area contributed by atoms with Gasteiger partial charge in [-0.2, -0.15) is 0 Å². The summed E-state index contributed by atoms with van der Waals surface area (Å²) in [5, 5.41) is 19.8. The standard InChI is InChI=1S/C8H17NO3/c1-7(11)6-9-8(12)4-2-3-5-10/h7,10-11H,2-6H2,1H3,(H,9,12). The van der Waals surface area contributed by atoms with Crippen LogP contribution in [0.4, 0.5) is 0 Å². The molecule has 0 aliphatic heterocycles. The van der Waals surface area contributed by atoms with Gasteiger partial charge in [-0.05, 0) is 19.8 Å². The van der Waals surface area contributed by atoms with Crippen molar-refractivity contribution in [2.24, 2.45) is 0 Å². The minimum Gasteiger partial charge on any atom is -0.396 e. The van der Waals surface area contributed by atoms with E-state index in [1.807, 2.05) is 0 Å². The number of aliphatic hydroxyl groups is 2. The molecule has 0 radical (unpaired) electrons. The highest BCUT2D eigenvalue weighted by atomic mass is 16.3. The van der Waals surface area contributed by atoms with Gasteiger partial charge in [0.05, 0.1) is 6.10 Å². The zero-order chi connectivity index (χ0) is 9.40. The molecule has 4 heteroatoms. The SMILES string of the molecule is CC(O)CNC(=O)CCCCO. The average Bonchev–Trinajstić information content (AvgIpc) is 2.01. The molecule has 0 bridgehead atoms. The van der Waals surface area contributed by atoms with Gasteiger partial charge in [-0.1, -0.05) is 0 Å². The molecule has 72 valence electrons. The first kappa shape index (κ1) is 11.4. The van der Waals surface area contributed by atoms with Crippen LogP contribution in [0.5, 0.6) is 0 Å². The predicted molar refractivity (Wildman–Crippen MR) is 45.6 cm³/mol. The first-order chi connectivity index (χ1) is 5.66. The van der Waals surface area contributed by atoms with Crippen LogP contribution in [0.1, 0.15) is 26.2 Å². The van der Waals surface area contributed by atoms with Gasteiger partial charge in [-0.15, -0.1) is 0 Å². The van der Waals surface area contributed by atoms with E-state index in [1.165, 1.54) is 0 Å². The zero-order valence-electron chi connectivity index (χ0n) is 7.42. The van der Waals surface area contributed by atoms with Crippen LogP contribution < -0.4 is 5.32 Å². The summed E-state index contributed by atoms with van der Waals surface area (Å²) >= 11 is 0. The average molecular weight is 175 g/mol. The molecule has 0 saturated carbocycles. The van der Waals surface area contributed by atoms with Crippen LogP contribution in [0.2, 0.25) is 0 Å². The largest absolute Gasteiger partial charge is 0.396 e. The van der Waals surface area contributed by atoms with Crippen LogP contribution in [0.25, 0.3) is 0 Å². The lowest BCUT2D eigenvalue weighted by Gasteiger charge is -2.06. The molecule has 4 nitrogen and oxygen atoms in total. The lowest BCUT2D eigenvalue weighted by atomic mass is 10.2. The molecule has 0 saturated heterocycles. The molecule has 0 heterocycles. The van der Waals surface area contributed by atoms with Crippen LogP contribution in [0, 0.1) is 0 Å². The van der Waals surface area contributed by atoms with E-state index in [9.17, 15) is 4.79 Å². The smallest absolute Gasteiger partial charge is 0.220 e. The summed E-state index contributed by atoms with van der Waals surface area (Å²) in [5.41, 5.74) is 0. The van der Waals surface area contributed by atoms with Crippen molar-refractivity contribution in [3.63, 3.8) is 0 Å². The van der Waals surface area contributed by atoms with Gasteiger partial charge < -0.3 is 15.5 Å². The summed E-state index contributed by atoms with van der Waals surface area (Å²) in [5.74, 6) is -0.0654. The maximum Gasteiger partial charge on any atom is 0.220 e. The number of unbranched alkanes of at least 4 members (excludes halogenated alkanes) is 1. The molecular formula is C8H17NO3. The highest BCUT2D eigenvalue weighted by Crippen LogP contribution is 1.93. The summed E-state index contributed by atoms with van der Waals surface area (Å²) in [6.45, 7) is 2.05. The van der Waals surface area contributed by atoms with Crippen LogP contribution in [0.15, 0.2) is 0 Å². The van der Waals surface area contributed by atoms with E-state index in [0.29, 0.717) is 25.8 Å². The number of hydrogen-bond acceptors (Lipinski definition) is 3. The molecule has 0 aromatic carbocycles. The lowest BCUT2D eigenvalue weighted by Crippen LogP contribution is -2.30. The third-order valence-corrected chi connectivity index (χ3v) is 1.41. The quantitative estimate of drug-likeness (QED) is 0.483. The molecule has 1 amide bonds. The summed E-state index contributed by atoms with van der Waals surface area (Å²) < 4.78 is 0. The fraction of sp³-hybridized carbons (Fsp3) is 0.875. The number of aliphatic hydroxyl groups excluding tert-OH is 2. The second-order valence-electron chi connectivity index (χ2n) is 2.83. The normalized spacial score (nSPS) is 12.6. The van der Waals surface area contributed by atoms with Crippen molar-refractivity contribution in [1.29, 1.82) is 0 Å². The molecule has 0 aliphatic carbocycles. The first-order valence-corrected chi connectivity index (χ1v) is 4.22. The number of carbonyl (C=O) groups excluding carboxylic acids is 1. The predicted octanol–water partition coefficient (Wildman–Crippen LogP) is -0.354. The van der Waals surface area contributed by atoms with Crippen molar-refractivity contribution < 1.29 is 15.0 Å². The van der Waals surface area contributed by atoms with Gasteiger partial charge in [0, 0.05) is 19.6 Å². The maximum absolute atomic E-state index is 10.9. The Morgan fingerprint density at radius 3 is 2.67 bits per heavy atom. The number of rotatable bonds is 6. The fourth-order valence-electron chi connectivity index (χ4n) is 0.747. The second kappa shape index (κ2) is 7.06. The van der Waals surface area contributed by atoms with Crippen LogP contribution in [-0.4, -0.2) is 35.4 Å². The molecule has 0 rings (SSSR count). The molecular weight excluding hydrogens is 158 g/mol. The Bertz CT molecular complexity index is 125. The highest BCUT2D eigenvalue weighted by molar-refractivity contribution is 5.75. The monoisotopic (exact) mass is 175 g/mol. The highest BCUT2D eigenvalue weighted by Gasteiger charge is 2.01. The van der Waals surface area contributed by atoms with Crippen molar-refractivity contribution in [2.75, 3.05) is 13.2 Å². The molecule has 0 spiro atoms. The van der Waals surface area contributed by atoms with Gasteiger partial charge in [0.1, 0.15) is 0 Å². The maximum atomic E-state index is 10.9. The van der Waals surface area contributed by atoms with E-state index in [1.54, 1.807) is 6.92 Å². The third-order valence-electron chi connectivity index (χ3n) is 1.41. The summed E-state index contributed by atoms with van der Waals surface area (Å²) in [6.07, 6.45) is 1.28. The Morgan fingerprint density at radius 2 is 2.17 bits per heavy atom. The topological polar surface area (TPSA) is 69.6 Å². The zero-order valence-corrected chi connectivity index (χ0v) is 7.42. The van der Waals surface area contributed by atoms with E-state index < -0.39 is 6.10 Å². The van der Waals surface area contributed by atoms with Crippen LogP contribution in [-0.2, 0) is 4.79 Å². The van der Waals surface area contributed by atoms with Crippen LogP contribution >= 0.6 is 0 Å². The summed E-state index contributed by atoms with van der Waals surface area (Å²) in [6, 6.07) is 0. The van der Waals surface area contributed by atoms with Gasteiger partial charge >= 0.3 is 0 Å². The van der Waals surface area contributed by atoms with Gasteiger partial charge in [0.15, 0.2) is 0 Å². The van der Waals surface area contributed by atoms with E-state index in [-0.39, 0.29) is 12.5 Å². The first-order valence-electron chi connectivity index (χ1n) is 4.22. The van der Waals surface area contributed by atoms with Crippen LogP contribution in [0.3, 0.4) is 0 Å². The molecule has 1 atom stereocenters. The van der Waals surface area contributed by atoms with Crippen molar-refractivity contribution in [2.45, 2.75) is 32.3 Å². The Kier molecular flexibility index (Phi) is 6.70. The van der Waals surface area contributed by atoms with Gasteiger partial charge in [-0.25, -0.2) is 0 Å². The van der Waals surface area contributed by atoms with Crippen molar-refractivity contribution >= 4 is 5.91 Å². The molecule has 3 N–H and O–H groups in total. The Labute approximate surface area is 72.6 Å². The molecule has 0 aromatic rings. The van der Waals surface area contributed by atoms with E-state index in [0.717, 1.165) is 0 Å². The third kappa shape index (κ3) is 7.50. The molecule has 1 unspecified atom stereocenters. The fourth-order valence-corrected chi connectivity index (χ4v) is 0.747. The van der Waals surface area contributed by atoms with Crippen molar-refractivity contribution in [3.8, 4) is 0 Å². The second-order valence-corrected chi connectivity index (χ2v) is 2.83. The van der Waals surface area contributed by atoms with Gasteiger partial charge in [0.2, 0.25) is 5.91 Å². The number of amides is 1. The van der Waals surface area contributed by atoms with Crippen molar-refractivity contribution in [3.05, 3.63) is 0 Å². The molecule has 12 heavy (non-hydrogen) atoms. The summed E-state index contributed by atoms with van der Waals surface area (Å²) in [4.78, 5) is 10.9. The van der Waals surface area contributed by atoms with Gasteiger partial charge in [-0.3, -0.25) is 4.79 Å². The molecule has 0 fully saturated rings. The van der Waals surface area contributed by atoms with E-state index >= 15 is 0 Å². The lowest BCUT2D eigenvalue weighted by molar-refractivity contribution is -0.121. The number of carbonyl (C=O) groups is 1. The van der Waals surface area contributed by atoms with E-state index in [4.69, 9.17) is 10.2 Å². The Balaban J connectivity index is 3.22. The molecule has 0 aromatic heterocycles. The minimum absolute atomic E-state index is 0.0654. The molecule has 0 aliphatic rings.